The molecule has 1 aromatic rings. The smallest absolute Gasteiger partial charge is 0.354 e. The Labute approximate surface area is 262 Å². The summed E-state index contributed by atoms with van der Waals surface area (Å²) in [6.07, 6.45) is 8.62. The molecule has 1 fully saturated rings. The summed E-state index contributed by atoms with van der Waals surface area (Å²) < 4.78 is 15.2. The molecule has 0 saturated carbocycles. The van der Waals surface area contributed by atoms with Crippen molar-refractivity contribution in [3.05, 3.63) is 40.6 Å². The van der Waals surface area contributed by atoms with E-state index in [1.165, 1.54) is 50.4 Å². The zero-order valence-electron chi connectivity index (χ0n) is 27.4. The van der Waals surface area contributed by atoms with Gasteiger partial charge in [0, 0.05) is 25.1 Å². The standard InChI is InChI=1S/C17H21N3O5S.C9H20.C6H12O2/c1-4-14-20-13(9-26-14)16(22)18-10(2)15(21)19-11(3)17(23)25-12-5-7-24-8-6-12;1-4-7-9(6-3)8-5-2;1-5(7)8-6(2,3)4/h9,12H,2-8H2,1H3,(H,18,22)(H,19,21);9H,4-8H2,1-3H3;1-4H3. The van der Waals surface area contributed by atoms with Crippen LogP contribution < -0.4 is 10.6 Å². The van der Waals surface area contributed by atoms with Crippen molar-refractivity contribution in [2.75, 3.05) is 13.2 Å². The molecule has 0 bridgehead atoms. The summed E-state index contributed by atoms with van der Waals surface area (Å²) in [6, 6.07) is 0. The third-order valence-corrected chi connectivity index (χ3v) is 6.99. The van der Waals surface area contributed by atoms with Crippen LogP contribution in [0.5, 0.6) is 0 Å². The van der Waals surface area contributed by atoms with Gasteiger partial charge in [0.05, 0.1) is 23.9 Å². The number of esters is 2. The van der Waals surface area contributed by atoms with Crippen molar-refractivity contribution in [3.8, 4) is 0 Å². The predicted octanol–water partition coefficient (Wildman–Crippen LogP) is 6.26. The highest BCUT2D eigenvalue weighted by atomic mass is 32.1. The lowest BCUT2D eigenvalue weighted by Gasteiger charge is -2.22. The van der Waals surface area contributed by atoms with Crippen molar-refractivity contribution >= 4 is 35.1 Å². The van der Waals surface area contributed by atoms with Gasteiger partial charge in [0.1, 0.15) is 23.1 Å². The van der Waals surface area contributed by atoms with Crippen molar-refractivity contribution in [1.82, 2.24) is 15.6 Å². The van der Waals surface area contributed by atoms with Gasteiger partial charge in [0.15, 0.2) is 0 Å². The second-order valence-corrected chi connectivity index (χ2v) is 12.1. The zero-order valence-corrected chi connectivity index (χ0v) is 28.2. The molecule has 11 heteroatoms. The summed E-state index contributed by atoms with van der Waals surface area (Å²) in [4.78, 5) is 50.4. The van der Waals surface area contributed by atoms with E-state index in [-0.39, 0.29) is 34.8 Å². The van der Waals surface area contributed by atoms with E-state index in [4.69, 9.17) is 14.2 Å². The van der Waals surface area contributed by atoms with E-state index >= 15 is 0 Å². The highest BCUT2D eigenvalue weighted by Gasteiger charge is 2.22. The third kappa shape index (κ3) is 19.0. The lowest BCUT2D eigenvalue weighted by atomic mass is 9.96. The maximum absolute atomic E-state index is 12.0. The zero-order chi connectivity index (χ0) is 33.0. The van der Waals surface area contributed by atoms with Crippen LogP contribution in [0.15, 0.2) is 29.9 Å². The van der Waals surface area contributed by atoms with Gasteiger partial charge < -0.3 is 24.8 Å². The SMILES string of the molecule is C=C(NC(=O)c1csc(CC)n1)C(=O)NC(=C)C(=O)OC1CCOCC1.CC(=O)OC(C)(C)C.CCCC(CC)CCC. The van der Waals surface area contributed by atoms with Gasteiger partial charge in [-0.3, -0.25) is 14.4 Å². The molecule has 0 radical (unpaired) electrons. The van der Waals surface area contributed by atoms with E-state index < -0.39 is 17.8 Å². The first-order chi connectivity index (χ1) is 20.2. The van der Waals surface area contributed by atoms with Gasteiger partial charge in [0.2, 0.25) is 0 Å². The molecule has 0 aromatic carbocycles. The van der Waals surface area contributed by atoms with Gasteiger partial charge in [-0.05, 0) is 33.1 Å². The molecule has 0 atom stereocenters. The van der Waals surface area contributed by atoms with Crippen LogP contribution in [0, 0.1) is 5.92 Å². The molecule has 2 heterocycles. The van der Waals surface area contributed by atoms with E-state index in [1.807, 2.05) is 27.7 Å². The first kappa shape index (κ1) is 40.0. The summed E-state index contributed by atoms with van der Waals surface area (Å²) >= 11 is 1.36. The van der Waals surface area contributed by atoms with Crippen molar-refractivity contribution in [3.63, 3.8) is 0 Å². The molecule has 244 valence electrons. The molecule has 2 N–H and O–H groups in total. The summed E-state index contributed by atoms with van der Waals surface area (Å²) in [5.74, 6) is -1.23. The average Bonchev–Trinajstić information content (AvgIpc) is 3.42. The molecular formula is C32H53N3O7S. The number of hydrogen-bond donors (Lipinski definition) is 2. The summed E-state index contributed by atoms with van der Waals surface area (Å²) in [5, 5.41) is 7.03. The van der Waals surface area contributed by atoms with Crippen LogP contribution in [0.1, 0.15) is 116 Å². The largest absolute Gasteiger partial charge is 0.460 e. The number of thiazole rings is 1. The Morgan fingerprint density at radius 1 is 1.02 bits per heavy atom. The average molecular weight is 624 g/mol. The van der Waals surface area contributed by atoms with Gasteiger partial charge in [-0.1, -0.05) is 73.0 Å². The maximum atomic E-state index is 12.0. The van der Waals surface area contributed by atoms with E-state index in [9.17, 15) is 19.2 Å². The maximum Gasteiger partial charge on any atom is 0.354 e. The number of aromatic nitrogens is 1. The molecule has 0 unspecified atom stereocenters. The topological polar surface area (TPSA) is 133 Å². The van der Waals surface area contributed by atoms with Gasteiger partial charge >= 0.3 is 11.9 Å². The Hall–Kier alpha value is -3.05. The Kier molecular flexibility index (Phi) is 20.1. The van der Waals surface area contributed by atoms with Crippen LogP contribution in [0.2, 0.25) is 0 Å². The van der Waals surface area contributed by atoms with Crippen LogP contribution >= 0.6 is 11.3 Å². The van der Waals surface area contributed by atoms with Gasteiger partial charge in [-0.15, -0.1) is 11.3 Å². The van der Waals surface area contributed by atoms with Crippen molar-refractivity contribution in [2.24, 2.45) is 5.92 Å². The number of carbonyl (C=O) groups excluding carboxylic acids is 4. The predicted molar refractivity (Wildman–Crippen MR) is 170 cm³/mol. The molecule has 1 aromatic heterocycles. The highest BCUT2D eigenvalue weighted by Crippen LogP contribution is 2.16. The van der Waals surface area contributed by atoms with Crippen LogP contribution in [-0.2, 0) is 35.0 Å². The molecule has 10 nitrogen and oxygen atoms in total. The minimum absolute atomic E-state index is 0.207. The molecule has 1 aliphatic rings. The van der Waals surface area contributed by atoms with Gasteiger partial charge in [-0.2, -0.15) is 0 Å². The molecule has 0 aliphatic carbocycles. The molecule has 2 amide bonds. The van der Waals surface area contributed by atoms with Gasteiger partial charge in [0.25, 0.3) is 11.8 Å². The Balaban J connectivity index is 0.000000850. The number of rotatable bonds is 12. The quantitative estimate of drug-likeness (QED) is 0.206. The highest BCUT2D eigenvalue weighted by molar-refractivity contribution is 7.09. The fourth-order valence-corrected chi connectivity index (χ4v) is 4.64. The van der Waals surface area contributed by atoms with E-state index in [2.05, 4.69) is 49.5 Å². The van der Waals surface area contributed by atoms with Crippen molar-refractivity contribution < 1.29 is 33.4 Å². The number of carbonyl (C=O) groups is 4. The van der Waals surface area contributed by atoms with Crippen LogP contribution in [-0.4, -0.2) is 53.7 Å². The first-order valence-corrected chi connectivity index (χ1v) is 16.0. The second kappa shape index (κ2) is 21.6. The minimum Gasteiger partial charge on any atom is -0.460 e. The first-order valence-electron chi connectivity index (χ1n) is 15.1. The number of amides is 2. The number of aryl methyl sites for hydroxylation is 1. The van der Waals surface area contributed by atoms with E-state index in [0.29, 0.717) is 32.5 Å². The lowest BCUT2D eigenvalue weighted by molar-refractivity contribution is -0.152. The van der Waals surface area contributed by atoms with Crippen molar-refractivity contribution in [2.45, 2.75) is 118 Å². The number of nitrogens with zero attached hydrogens (tertiary/aromatic N) is 1. The minimum atomic E-state index is -0.752. The normalized spacial score (nSPS) is 13.0. The van der Waals surface area contributed by atoms with Gasteiger partial charge in [-0.25, -0.2) is 9.78 Å². The van der Waals surface area contributed by atoms with E-state index in [1.54, 1.807) is 5.38 Å². The molecule has 43 heavy (non-hydrogen) atoms. The summed E-state index contributed by atoms with van der Waals surface area (Å²) in [7, 11) is 0. The van der Waals surface area contributed by atoms with Crippen LogP contribution in [0.4, 0.5) is 0 Å². The third-order valence-electron chi connectivity index (χ3n) is 6.00. The van der Waals surface area contributed by atoms with E-state index in [0.717, 1.165) is 10.9 Å². The second-order valence-electron chi connectivity index (χ2n) is 11.1. The molecular weight excluding hydrogens is 570 g/mol. The molecule has 0 spiro atoms. The molecule has 1 saturated heterocycles. The Morgan fingerprint density at radius 2 is 1.60 bits per heavy atom. The Bertz CT molecular complexity index is 1030. The fourth-order valence-electron chi connectivity index (χ4n) is 3.92. The number of nitrogens with one attached hydrogen (secondary N) is 2. The summed E-state index contributed by atoms with van der Waals surface area (Å²) in [5.41, 5.74) is -0.565. The number of ether oxygens (including phenoxy) is 3. The fraction of sp³-hybridized carbons (Fsp3) is 0.656. The van der Waals surface area contributed by atoms with Crippen molar-refractivity contribution in [1.29, 1.82) is 0 Å². The van der Waals surface area contributed by atoms with Crippen LogP contribution in [0.25, 0.3) is 0 Å². The monoisotopic (exact) mass is 623 g/mol. The molecule has 2 rings (SSSR count). The molecule has 1 aliphatic heterocycles. The van der Waals surface area contributed by atoms with Crippen LogP contribution in [0.3, 0.4) is 0 Å². The summed E-state index contributed by atoms with van der Waals surface area (Å²) in [6.45, 7) is 23.8. The Morgan fingerprint density at radius 3 is 2.02 bits per heavy atom. The number of hydrogen-bond acceptors (Lipinski definition) is 9. The lowest BCUT2D eigenvalue weighted by Crippen LogP contribution is -2.37.